The van der Waals surface area contributed by atoms with Crippen molar-refractivity contribution in [1.82, 2.24) is 0 Å². The van der Waals surface area contributed by atoms with E-state index in [2.05, 4.69) is 0 Å². The molecule has 0 aliphatic heterocycles. The fraction of sp³-hybridized carbons (Fsp3) is 0.0667. The molecular formula is C15H13NO3. The van der Waals surface area contributed by atoms with Crippen molar-refractivity contribution in [3.05, 3.63) is 65.7 Å². The summed E-state index contributed by atoms with van der Waals surface area (Å²) in [5, 5.41) is 0. The first-order valence-corrected chi connectivity index (χ1v) is 5.78. The molecule has 96 valence electrons. The number of benzene rings is 2. The van der Waals surface area contributed by atoms with Gasteiger partial charge in [-0.3, -0.25) is 9.59 Å². The molecule has 0 unspecified atom stereocenters. The number of hydrogen-bond donors (Lipinski definition) is 1. The van der Waals surface area contributed by atoms with E-state index in [9.17, 15) is 9.59 Å². The highest BCUT2D eigenvalue weighted by atomic mass is 16.5. The van der Waals surface area contributed by atoms with E-state index in [-0.39, 0.29) is 12.4 Å². The molecule has 0 aromatic heterocycles. The molecule has 0 spiro atoms. The minimum atomic E-state index is -0.582. The standard InChI is InChI=1S/C15H13NO3/c16-14(17)10-19-13-9-5-4-8-12(13)15(18)11-6-2-1-3-7-11/h1-9H,10H2,(H2,16,17). The molecule has 2 N–H and O–H groups in total. The van der Waals surface area contributed by atoms with Crippen LogP contribution in [-0.4, -0.2) is 18.3 Å². The molecule has 4 heteroatoms. The molecule has 2 aromatic carbocycles. The van der Waals surface area contributed by atoms with Gasteiger partial charge in [-0.25, -0.2) is 0 Å². The molecule has 0 radical (unpaired) electrons. The fourth-order valence-electron chi connectivity index (χ4n) is 1.67. The zero-order valence-electron chi connectivity index (χ0n) is 10.2. The summed E-state index contributed by atoms with van der Waals surface area (Å²) < 4.78 is 5.25. The molecule has 0 saturated carbocycles. The average Bonchev–Trinajstić information content (AvgIpc) is 2.45. The van der Waals surface area contributed by atoms with Crippen molar-refractivity contribution in [2.75, 3.05) is 6.61 Å². The highest BCUT2D eigenvalue weighted by Crippen LogP contribution is 2.21. The third kappa shape index (κ3) is 3.19. The second-order valence-electron chi connectivity index (χ2n) is 3.95. The van der Waals surface area contributed by atoms with Crippen molar-refractivity contribution in [2.24, 2.45) is 5.73 Å². The molecule has 2 aromatic rings. The van der Waals surface area contributed by atoms with Gasteiger partial charge in [0.25, 0.3) is 5.91 Å². The third-order valence-electron chi connectivity index (χ3n) is 2.54. The van der Waals surface area contributed by atoms with Crippen LogP contribution in [0.3, 0.4) is 0 Å². The van der Waals surface area contributed by atoms with E-state index in [0.717, 1.165) is 0 Å². The van der Waals surface area contributed by atoms with Crippen LogP contribution in [0.5, 0.6) is 5.75 Å². The van der Waals surface area contributed by atoms with Gasteiger partial charge in [0.05, 0.1) is 5.56 Å². The van der Waals surface area contributed by atoms with Gasteiger partial charge in [-0.05, 0) is 12.1 Å². The van der Waals surface area contributed by atoms with Crippen LogP contribution in [0.4, 0.5) is 0 Å². The Morgan fingerprint density at radius 3 is 2.26 bits per heavy atom. The maximum atomic E-state index is 12.3. The smallest absolute Gasteiger partial charge is 0.255 e. The number of hydrogen-bond acceptors (Lipinski definition) is 3. The average molecular weight is 255 g/mol. The van der Waals surface area contributed by atoms with E-state index < -0.39 is 5.91 Å². The number of ether oxygens (including phenoxy) is 1. The van der Waals surface area contributed by atoms with E-state index in [1.54, 1.807) is 48.5 Å². The summed E-state index contributed by atoms with van der Waals surface area (Å²) in [5.74, 6) is -0.377. The summed E-state index contributed by atoms with van der Waals surface area (Å²) in [6.45, 7) is -0.251. The minimum absolute atomic E-state index is 0.152. The van der Waals surface area contributed by atoms with Gasteiger partial charge >= 0.3 is 0 Å². The summed E-state index contributed by atoms with van der Waals surface area (Å²) in [5.41, 5.74) is 6.01. The third-order valence-corrected chi connectivity index (χ3v) is 2.54. The first-order chi connectivity index (χ1) is 9.18. The summed E-state index contributed by atoms with van der Waals surface area (Å²) >= 11 is 0. The number of ketones is 1. The summed E-state index contributed by atoms with van der Waals surface area (Å²) in [4.78, 5) is 23.1. The van der Waals surface area contributed by atoms with Crippen LogP contribution in [0.15, 0.2) is 54.6 Å². The number of rotatable bonds is 5. The van der Waals surface area contributed by atoms with Crippen molar-refractivity contribution in [1.29, 1.82) is 0 Å². The van der Waals surface area contributed by atoms with E-state index in [1.165, 1.54) is 0 Å². The van der Waals surface area contributed by atoms with Crippen molar-refractivity contribution < 1.29 is 14.3 Å². The van der Waals surface area contributed by atoms with Crippen LogP contribution in [-0.2, 0) is 4.79 Å². The lowest BCUT2D eigenvalue weighted by molar-refractivity contribution is -0.119. The van der Waals surface area contributed by atoms with Crippen LogP contribution in [0, 0.1) is 0 Å². The summed E-state index contributed by atoms with van der Waals surface area (Å²) in [6, 6.07) is 15.7. The predicted molar refractivity (Wildman–Crippen MR) is 71.0 cm³/mol. The number of para-hydroxylation sites is 1. The predicted octanol–water partition coefficient (Wildman–Crippen LogP) is 1.78. The lowest BCUT2D eigenvalue weighted by atomic mass is 10.0. The highest BCUT2D eigenvalue weighted by molar-refractivity contribution is 6.10. The molecule has 4 nitrogen and oxygen atoms in total. The van der Waals surface area contributed by atoms with Crippen molar-refractivity contribution in [3.8, 4) is 5.75 Å². The monoisotopic (exact) mass is 255 g/mol. The van der Waals surface area contributed by atoms with E-state index in [4.69, 9.17) is 10.5 Å². The molecular weight excluding hydrogens is 242 g/mol. The Morgan fingerprint density at radius 1 is 0.947 bits per heavy atom. The second kappa shape index (κ2) is 5.82. The van der Waals surface area contributed by atoms with E-state index >= 15 is 0 Å². The Balaban J connectivity index is 2.29. The Labute approximate surface area is 110 Å². The van der Waals surface area contributed by atoms with Crippen LogP contribution >= 0.6 is 0 Å². The Bertz CT molecular complexity index is 593. The molecule has 0 saturated heterocycles. The molecule has 0 aliphatic rings. The van der Waals surface area contributed by atoms with Crippen LogP contribution < -0.4 is 10.5 Å². The molecule has 19 heavy (non-hydrogen) atoms. The fourth-order valence-corrected chi connectivity index (χ4v) is 1.67. The Morgan fingerprint density at radius 2 is 1.58 bits per heavy atom. The summed E-state index contributed by atoms with van der Waals surface area (Å²) in [6.07, 6.45) is 0. The molecule has 0 bridgehead atoms. The maximum Gasteiger partial charge on any atom is 0.255 e. The van der Waals surface area contributed by atoms with E-state index in [1.807, 2.05) is 6.07 Å². The first kappa shape index (κ1) is 12.8. The largest absolute Gasteiger partial charge is 0.483 e. The van der Waals surface area contributed by atoms with Gasteiger partial charge in [-0.15, -0.1) is 0 Å². The molecule has 1 amide bonds. The van der Waals surface area contributed by atoms with Gasteiger partial charge in [-0.2, -0.15) is 0 Å². The SMILES string of the molecule is NC(=O)COc1ccccc1C(=O)c1ccccc1. The Kier molecular flexibility index (Phi) is 3.93. The van der Waals surface area contributed by atoms with Gasteiger partial charge in [-0.1, -0.05) is 42.5 Å². The zero-order valence-corrected chi connectivity index (χ0v) is 10.2. The molecule has 0 aliphatic carbocycles. The molecule has 0 fully saturated rings. The molecule has 2 rings (SSSR count). The maximum absolute atomic E-state index is 12.3. The Hall–Kier alpha value is -2.62. The van der Waals surface area contributed by atoms with Crippen molar-refractivity contribution >= 4 is 11.7 Å². The minimum Gasteiger partial charge on any atom is -0.483 e. The normalized spacial score (nSPS) is 9.89. The van der Waals surface area contributed by atoms with Gasteiger partial charge in [0.1, 0.15) is 5.75 Å². The number of amides is 1. The van der Waals surface area contributed by atoms with Crippen molar-refractivity contribution in [3.63, 3.8) is 0 Å². The zero-order chi connectivity index (χ0) is 13.7. The highest BCUT2D eigenvalue weighted by Gasteiger charge is 2.14. The molecule has 0 atom stereocenters. The van der Waals surface area contributed by atoms with Gasteiger partial charge in [0.2, 0.25) is 0 Å². The van der Waals surface area contributed by atoms with E-state index in [0.29, 0.717) is 16.9 Å². The lowest BCUT2D eigenvalue weighted by Gasteiger charge is -2.09. The lowest BCUT2D eigenvalue weighted by Crippen LogP contribution is -2.20. The quantitative estimate of drug-likeness (QED) is 0.828. The first-order valence-electron chi connectivity index (χ1n) is 5.78. The van der Waals surface area contributed by atoms with Gasteiger partial charge in [0, 0.05) is 5.56 Å². The number of carbonyl (C=O) groups excluding carboxylic acids is 2. The number of nitrogens with two attached hydrogens (primary N) is 1. The van der Waals surface area contributed by atoms with Crippen LogP contribution in [0.2, 0.25) is 0 Å². The molecule has 0 heterocycles. The van der Waals surface area contributed by atoms with Crippen molar-refractivity contribution in [2.45, 2.75) is 0 Å². The second-order valence-corrected chi connectivity index (χ2v) is 3.95. The van der Waals surface area contributed by atoms with Crippen LogP contribution in [0.1, 0.15) is 15.9 Å². The number of primary amides is 1. The van der Waals surface area contributed by atoms with Gasteiger partial charge in [0.15, 0.2) is 12.4 Å². The number of carbonyl (C=O) groups is 2. The topological polar surface area (TPSA) is 69.4 Å². The van der Waals surface area contributed by atoms with Crippen LogP contribution in [0.25, 0.3) is 0 Å². The summed E-state index contributed by atoms with van der Waals surface area (Å²) in [7, 11) is 0. The van der Waals surface area contributed by atoms with Gasteiger partial charge < -0.3 is 10.5 Å².